The van der Waals surface area contributed by atoms with Crippen LogP contribution in [0.3, 0.4) is 0 Å². The van der Waals surface area contributed by atoms with Gasteiger partial charge in [-0.05, 0) is 53.4 Å². The summed E-state index contributed by atoms with van der Waals surface area (Å²) in [6, 6.07) is 19.1. The third kappa shape index (κ3) is 6.98. The number of anilines is 3. The van der Waals surface area contributed by atoms with E-state index in [2.05, 4.69) is 30.7 Å². The molecule has 3 heterocycles. The fourth-order valence-electron chi connectivity index (χ4n) is 4.87. The van der Waals surface area contributed by atoms with Crippen LogP contribution in [0, 0.1) is 0 Å². The average Bonchev–Trinajstić information content (AvgIpc) is 3.49. The maximum Gasteiger partial charge on any atom is 0.416 e. The number of hydrogen-bond donors (Lipinski definition) is 2. The Morgan fingerprint density at radius 3 is 2.36 bits per heavy atom. The first kappa shape index (κ1) is 31.0. The summed E-state index contributed by atoms with van der Waals surface area (Å²) in [6.07, 6.45) is 2.44. The van der Waals surface area contributed by atoms with Crippen LogP contribution >= 0.6 is 0 Å². The number of halogens is 3. The Morgan fingerprint density at radius 2 is 1.66 bits per heavy atom. The lowest BCUT2D eigenvalue weighted by Gasteiger charge is -2.16. The van der Waals surface area contributed by atoms with Crippen LogP contribution in [0.1, 0.15) is 18.1 Å². The summed E-state index contributed by atoms with van der Waals surface area (Å²) < 4.78 is 48.0. The van der Waals surface area contributed by atoms with Gasteiger partial charge in [0.15, 0.2) is 5.65 Å². The van der Waals surface area contributed by atoms with E-state index < -0.39 is 17.8 Å². The van der Waals surface area contributed by atoms with Crippen molar-refractivity contribution in [3.8, 4) is 34.0 Å². The SMILES string of the molecule is CCc1cccc(-c2ccc(C(F)(F)F)cc2NC(=O)Nc2cnc(Oc3ccc(-c4cnn5ccc(N(C)C)nc45)cc3)nc2)c1. The molecule has 47 heavy (non-hydrogen) atoms. The van der Waals surface area contributed by atoms with Crippen LogP contribution in [-0.4, -0.2) is 44.7 Å². The molecule has 6 rings (SSSR count). The number of aryl methyl sites for hydroxylation is 1. The number of alkyl halides is 3. The average molecular weight is 639 g/mol. The summed E-state index contributed by atoms with van der Waals surface area (Å²) in [6.45, 7) is 1.98. The quantitative estimate of drug-likeness (QED) is 0.174. The molecule has 2 amide bonds. The van der Waals surface area contributed by atoms with Crippen LogP contribution in [0.4, 0.5) is 35.2 Å². The predicted octanol–water partition coefficient (Wildman–Crippen LogP) is 7.94. The van der Waals surface area contributed by atoms with E-state index in [1.165, 1.54) is 18.5 Å². The molecule has 0 aliphatic rings. The highest BCUT2D eigenvalue weighted by Gasteiger charge is 2.31. The van der Waals surface area contributed by atoms with Gasteiger partial charge in [0.05, 0.1) is 35.5 Å². The molecule has 238 valence electrons. The van der Waals surface area contributed by atoms with Crippen LogP contribution in [0.25, 0.3) is 27.9 Å². The topological polar surface area (TPSA) is 110 Å². The lowest BCUT2D eigenvalue weighted by atomic mass is 9.98. The molecule has 0 fully saturated rings. The second-order valence-electron chi connectivity index (χ2n) is 10.8. The minimum Gasteiger partial charge on any atom is -0.424 e. The van der Waals surface area contributed by atoms with Gasteiger partial charge >= 0.3 is 18.2 Å². The summed E-state index contributed by atoms with van der Waals surface area (Å²) in [5, 5.41) is 9.49. The minimum absolute atomic E-state index is 0.00735. The van der Waals surface area contributed by atoms with Crippen molar-refractivity contribution < 1.29 is 22.7 Å². The first-order valence-electron chi connectivity index (χ1n) is 14.6. The number of ether oxygens (including phenoxy) is 1. The van der Waals surface area contributed by atoms with Crippen LogP contribution in [-0.2, 0) is 12.6 Å². The smallest absolute Gasteiger partial charge is 0.416 e. The number of benzene rings is 3. The highest BCUT2D eigenvalue weighted by Crippen LogP contribution is 2.36. The number of nitrogens with one attached hydrogen (secondary N) is 2. The number of amides is 2. The van der Waals surface area contributed by atoms with Crippen LogP contribution in [0.15, 0.2) is 97.6 Å². The number of hydrogen-bond acceptors (Lipinski definition) is 7. The zero-order valence-electron chi connectivity index (χ0n) is 25.6. The van der Waals surface area contributed by atoms with Gasteiger partial charge in [-0.25, -0.2) is 24.3 Å². The zero-order valence-corrected chi connectivity index (χ0v) is 25.6. The van der Waals surface area contributed by atoms with Gasteiger partial charge in [-0.15, -0.1) is 0 Å². The molecule has 0 aliphatic carbocycles. The first-order valence-corrected chi connectivity index (χ1v) is 14.6. The van der Waals surface area contributed by atoms with Crippen molar-refractivity contribution in [3.05, 3.63) is 109 Å². The summed E-state index contributed by atoms with van der Waals surface area (Å²) in [5.41, 5.74) is 3.95. The van der Waals surface area contributed by atoms with Gasteiger partial charge in [-0.3, -0.25) is 0 Å². The Hall–Kier alpha value is -5.98. The maximum absolute atomic E-state index is 13.5. The molecule has 0 saturated carbocycles. The molecule has 0 atom stereocenters. The molecule has 2 N–H and O–H groups in total. The summed E-state index contributed by atoms with van der Waals surface area (Å²) in [4.78, 5) is 27.8. The number of nitrogens with zero attached hydrogens (tertiary/aromatic N) is 6. The van der Waals surface area contributed by atoms with E-state index in [1.54, 1.807) is 28.9 Å². The fraction of sp³-hybridized carbons (Fsp3) is 0.147. The second-order valence-corrected chi connectivity index (χ2v) is 10.8. The van der Waals surface area contributed by atoms with E-state index in [0.717, 1.165) is 46.7 Å². The molecular weight excluding hydrogens is 609 g/mol. The third-order valence-electron chi connectivity index (χ3n) is 7.31. The van der Waals surface area contributed by atoms with Crippen molar-refractivity contribution >= 4 is 28.9 Å². The summed E-state index contributed by atoms with van der Waals surface area (Å²) in [5.74, 6) is 1.29. The van der Waals surface area contributed by atoms with Gasteiger partial charge in [-0.2, -0.15) is 18.3 Å². The molecule has 3 aromatic heterocycles. The van der Waals surface area contributed by atoms with Crippen LogP contribution in [0.5, 0.6) is 11.8 Å². The van der Waals surface area contributed by atoms with E-state index in [-0.39, 0.29) is 17.4 Å². The van der Waals surface area contributed by atoms with Crippen molar-refractivity contribution in [2.24, 2.45) is 0 Å². The number of carbonyl (C=O) groups excluding carboxylic acids is 1. The number of fused-ring (bicyclic) bond motifs is 1. The Balaban J connectivity index is 1.13. The van der Waals surface area contributed by atoms with Gasteiger partial charge in [-0.1, -0.05) is 49.4 Å². The van der Waals surface area contributed by atoms with Gasteiger partial charge in [0.2, 0.25) is 0 Å². The van der Waals surface area contributed by atoms with E-state index >= 15 is 0 Å². The minimum atomic E-state index is -4.58. The number of carbonyl (C=O) groups is 1. The molecule has 0 aliphatic heterocycles. The fourth-order valence-corrected chi connectivity index (χ4v) is 4.87. The Kier molecular flexibility index (Phi) is 8.44. The lowest BCUT2D eigenvalue weighted by molar-refractivity contribution is -0.137. The molecule has 0 spiro atoms. The van der Waals surface area contributed by atoms with Gasteiger partial charge in [0, 0.05) is 31.4 Å². The highest BCUT2D eigenvalue weighted by molar-refractivity contribution is 6.02. The normalized spacial score (nSPS) is 11.4. The molecule has 10 nitrogen and oxygen atoms in total. The molecule has 0 bridgehead atoms. The molecule has 3 aromatic carbocycles. The first-order chi connectivity index (χ1) is 22.6. The van der Waals surface area contributed by atoms with E-state index in [1.807, 2.05) is 68.5 Å². The van der Waals surface area contributed by atoms with Crippen molar-refractivity contribution in [1.29, 1.82) is 0 Å². The molecule has 0 unspecified atom stereocenters. The largest absolute Gasteiger partial charge is 0.424 e. The second kappa shape index (κ2) is 12.8. The summed E-state index contributed by atoms with van der Waals surface area (Å²) in [7, 11) is 3.84. The van der Waals surface area contributed by atoms with Crippen molar-refractivity contribution in [1.82, 2.24) is 24.6 Å². The Morgan fingerprint density at radius 1 is 0.894 bits per heavy atom. The van der Waals surface area contributed by atoms with Gasteiger partial charge < -0.3 is 20.3 Å². The molecular formula is C34H29F3N8O2. The zero-order chi connectivity index (χ0) is 33.1. The number of urea groups is 1. The highest BCUT2D eigenvalue weighted by atomic mass is 19.4. The van der Waals surface area contributed by atoms with Crippen molar-refractivity contribution in [3.63, 3.8) is 0 Å². The lowest BCUT2D eigenvalue weighted by Crippen LogP contribution is -2.20. The molecule has 0 radical (unpaired) electrons. The number of aromatic nitrogens is 5. The molecule has 6 aromatic rings. The van der Waals surface area contributed by atoms with Crippen LogP contribution in [0.2, 0.25) is 0 Å². The maximum atomic E-state index is 13.5. The summed E-state index contributed by atoms with van der Waals surface area (Å²) >= 11 is 0. The van der Waals surface area contributed by atoms with Crippen molar-refractivity contribution in [2.45, 2.75) is 19.5 Å². The van der Waals surface area contributed by atoms with E-state index in [9.17, 15) is 18.0 Å². The van der Waals surface area contributed by atoms with Gasteiger partial charge in [0.1, 0.15) is 11.6 Å². The van der Waals surface area contributed by atoms with Crippen molar-refractivity contribution in [2.75, 3.05) is 29.6 Å². The third-order valence-corrected chi connectivity index (χ3v) is 7.31. The predicted molar refractivity (Wildman–Crippen MR) is 174 cm³/mol. The molecule has 0 saturated heterocycles. The van der Waals surface area contributed by atoms with E-state index in [4.69, 9.17) is 4.74 Å². The monoisotopic (exact) mass is 638 g/mol. The standard InChI is InChI=1S/C34H29F3N8O2/c1-4-21-6-5-7-23(16-21)27-13-10-24(34(35,36)37)17-29(27)42-32(46)41-25-18-38-33(39-19-25)47-26-11-8-22(9-12-26)28-20-40-45-15-14-30(44(2)3)43-31(28)45/h5-20H,4H2,1-3H3,(H2,41,42,46). The molecule has 13 heteroatoms. The Labute approximate surface area is 267 Å². The van der Waals surface area contributed by atoms with Gasteiger partial charge in [0.25, 0.3) is 0 Å². The Bertz CT molecular complexity index is 2040. The van der Waals surface area contributed by atoms with Crippen LogP contribution < -0.4 is 20.3 Å². The number of rotatable bonds is 8. The van der Waals surface area contributed by atoms with E-state index in [0.29, 0.717) is 16.9 Å².